The molecule has 0 aromatic carbocycles. The van der Waals surface area contributed by atoms with Crippen LogP contribution in [0.15, 0.2) is 0 Å². The number of carbonyl (C=O) groups excluding carboxylic acids is 1. The molecule has 2 saturated heterocycles. The molecule has 0 aromatic rings. The molecule has 2 rings (SSSR count). The van der Waals surface area contributed by atoms with Crippen LogP contribution >= 0.6 is 0 Å². The van der Waals surface area contributed by atoms with Crippen LogP contribution in [0, 0.1) is 0 Å². The summed E-state index contributed by atoms with van der Waals surface area (Å²) in [4.78, 5) is 16.7. The Morgan fingerprint density at radius 2 is 2.05 bits per heavy atom. The second-order valence-corrected chi connectivity index (χ2v) is 7.51. The minimum Gasteiger partial charge on any atom is -0.444 e. The number of nitrogens with one attached hydrogen (secondary N) is 1. The van der Waals surface area contributed by atoms with E-state index in [1.807, 2.05) is 25.7 Å². The Morgan fingerprint density at radius 1 is 1.32 bits per heavy atom. The number of nitrogens with zero attached hydrogens (tertiary/aromatic N) is 2. The lowest BCUT2D eigenvalue weighted by Crippen LogP contribution is -2.61. The van der Waals surface area contributed by atoms with Crippen LogP contribution in [0.3, 0.4) is 0 Å². The molecule has 0 aliphatic carbocycles. The largest absolute Gasteiger partial charge is 0.444 e. The highest BCUT2D eigenvalue weighted by Crippen LogP contribution is 2.16. The number of piperazine rings is 1. The van der Waals surface area contributed by atoms with Crippen LogP contribution in [-0.4, -0.2) is 79.0 Å². The molecule has 22 heavy (non-hydrogen) atoms. The topological polar surface area (TPSA) is 54.0 Å². The molecule has 3 atom stereocenters. The molecule has 2 fully saturated rings. The molecule has 6 heteroatoms. The lowest BCUT2D eigenvalue weighted by molar-refractivity contribution is -0.0154. The van der Waals surface area contributed by atoms with Crippen molar-refractivity contribution < 1.29 is 14.3 Å². The van der Waals surface area contributed by atoms with E-state index in [9.17, 15) is 4.79 Å². The lowest BCUT2D eigenvalue weighted by atomic mass is 10.1. The molecule has 2 aliphatic heterocycles. The Morgan fingerprint density at radius 3 is 2.68 bits per heavy atom. The molecular weight excluding hydrogens is 282 g/mol. The van der Waals surface area contributed by atoms with Crippen LogP contribution in [0.4, 0.5) is 4.79 Å². The van der Waals surface area contributed by atoms with Gasteiger partial charge in [0.1, 0.15) is 5.60 Å². The number of hydrogen-bond acceptors (Lipinski definition) is 5. The summed E-state index contributed by atoms with van der Waals surface area (Å²) in [7, 11) is 0. The van der Waals surface area contributed by atoms with Crippen LogP contribution in [0.1, 0.15) is 34.6 Å². The van der Waals surface area contributed by atoms with E-state index in [-0.39, 0.29) is 18.2 Å². The van der Waals surface area contributed by atoms with Gasteiger partial charge in [-0.3, -0.25) is 4.90 Å². The summed E-state index contributed by atoms with van der Waals surface area (Å²) in [6.07, 6.45) is -0.207. The van der Waals surface area contributed by atoms with Gasteiger partial charge in [0.15, 0.2) is 0 Å². The Labute approximate surface area is 134 Å². The van der Waals surface area contributed by atoms with Gasteiger partial charge in [0.25, 0.3) is 0 Å². The molecule has 2 aliphatic rings. The highest BCUT2D eigenvalue weighted by atomic mass is 16.6. The summed E-state index contributed by atoms with van der Waals surface area (Å²) >= 11 is 0. The lowest BCUT2D eigenvalue weighted by Gasteiger charge is -2.42. The van der Waals surface area contributed by atoms with E-state index in [1.165, 1.54) is 0 Å². The highest BCUT2D eigenvalue weighted by molar-refractivity contribution is 5.68. The Bertz CT molecular complexity index is 383. The summed E-state index contributed by atoms with van der Waals surface area (Å²) in [6, 6.07) is 0.877. The molecule has 128 valence electrons. The van der Waals surface area contributed by atoms with Gasteiger partial charge in [0.05, 0.1) is 13.2 Å². The van der Waals surface area contributed by atoms with E-state index in [0.717, 1.165) is 32.8 Å². The average Bonchev–Trinajstić information content (AvgIpc) is 2.41. The first-order chi connectivity index (χ1) is 10.3. The number of rotatable bonds is 2. The second-order valence-electron chi connectivity index (χ2n) is 7.51. The number of morpholine rings is 1. The maximum atomic E-state index is 12.4. The average molecular weight is 313 g/mol. The van der Waals surface area contributed by atoms with E-state index in [4.69, 9.17) is 9.47 Å². The number of hydrogen-bond donors (Lipinski definition) is 1. The third-order valence-electron chi connectivity index (χ3n) is 4.24. The van der Waals surface area contributed by atoms with Gasteiger partial charge >= 0.3 is 6.09 Å². The fourth-order valence-electron chi connectivity index (χ4n) is 2.94. The SMILES string of the molecule is CC1CN[C@@H](CN2CCOC[C@H]2C)CN1C(=O)OC(C)(C)C. The molecular formula is C16H31N3O3. The Balaban J connectivity index is 1.91. The molecule has 1 unspecified atom stereocenters. The van der Waals surface area contributed by atoms with Crippen LogP contribution in [0.2, 0.25) is 0 Å². The van der Waals surface area contributed by atoms with Crippen molar-refractivity contribution in [1.29, 1.82) is 0 Å². The van der Waals surface area contributed by atoms with E-state index < -0.39 is 5.60 Å². The van der Waals surface area contributed by atoms with Crippen LogP contribution < -0.4 is 5.32 Å². The van der Waals surface area contributed by atoms with Gasteiger partial charge in [-0.1, -0.05) is 0 Å². The van der Waals surface area contributed by atoms with Gasteiger partial charge in [-0.25, -0.2) is 4.79 Å². The van der Waals surface area contributed by atoms with Crippen LogP contribution in [-0.2, 0) is 9.47 Å². The normalized spacial score (nSPS) is 31.1. The zero-order valence-corrected chi connectivity index (χ0v) is 14.6. The van der Waals surface area contributed by atoms with Crippen LogP contribution in [0.25, 0.3) is 0 Å². The van der Waals surface area contributed by atoms with Gasteiger partial charge in [0, 0.05) is 44.3 Å². The fourth-order valence-corrected chi connectivity index (χ4v) is 2.94. The van der Waals surface area contributed by atoms with Crippen molar-refractivity contribution in [3.05, 3.63) is 0 Å². The fraction of sp³-hybridized carbons (Fsp3) is 0.938. The molecule has 2 heterocycles. The minimum absolute atomic E-state index is 0.160. The predicted octanol–water partition coefficient (Wildman–Crippen LogP) is 1.30. The molecule has 6 nitrogen and oxygen atoms in total. The number of amides is 1. The van der Waals surface area contributed by atoms with Crippen molar-refractivity contribution in [3.8, 4) is 0 Å². The van der Waals surface area contributed by atoms with Crippen molar-refractivity contribution in [1.82, 2.24) is 15.1 Å². The summed E-state index contributed by atoms with van der Waals surface area (Å²) < 4.78 is 11.0. The summed E-state index contributed by atoms with van der Waals surface area (Å²) in [5.74, 6) is 0. The zero-order valence-electron chi connectivity index (χ0n) is 14.6. The predicted molar refractivity (Wildman–Crippen MR) is 86.0 cm³/mol. The standard InChI is InChI=1S/C16H31N3O3/c1-12-8-17-14(9-18-6-7-21-11-13(18)2)10-19(12)15(20)22-16(3,4)5/h12-14,17H,6-11H2,1-5H3/t12?,13-,14+/m1/s1. The quantitative estimate of drug-likeness (QED) is 0.833. The van der Waals surface area contributed by atoms with E-state index in [0.29, 0.717) is 12.6 Å². The van der Waals surface area contributed by atoms with Crippen molar-refractivity contribution in [2.24, 2.45) is 0 Å². The minimum atomic E-state index is -0.449. The van der Waals surface area contributed by atoms with Gasteiger partial charge in [0.2, 0.25) is 0 Å². The highest BCUT2D eigenvalue weighted by Gasteiger charge is 2.33. The first kappa shape index (κ1) is 17.5. The van der Waals surface area contributed by atoms with Gasteiger partial charge in [-0.05, 0) is 34.6 Å². The second kappa shape index (κ2) is 7.15. The summed E-state index contributed by atoms with van der Waals surface area (Å²) in [5, 5.41) is 3.55. The third kappa shape index (κ3) is 4.83. The van der Waals surface area contributed by atoms with E-state index >= 15 is 0 Å². The number of carbonyl (C=O) groups is 1. The van der Waals surface area contributed by atoms with Gasteiger partial charge in [-0.15, -0.1) is 0 Å². The first-order valence-corrected chi connectivity index (χ1v) is 8.31. The number of ether oxygens (including phenoxy) is 2. The van der Waals surface area contributed by atoms with Crippen LogP contribution in [0.5, 0.6) is 0 Å². The van der Waals surface area contributed by atoms with Crippen molar-refractivity contribution >= 4 is 6.09 Å². The van der Waals surface area contributed by atoms with E-state index in [2.05, 4.69) is 24.1 Å². The summed E-state index contributed by atoms with van der Waals surface area (Å²) in [6.45, 7) is 15.0. The monoisotopic (exact) mass is 313 g/mol. The Kier molecular flexibility index (Phi) is 5.69. The zero-order chi connectivity index (χ0) is 16.3. The van der Waals surface area contributed by atoms with Gasteiger partial charge < -0.3 is 19.7 Å². The van der Waals surface area contributed by atoms with E-state index in [1.54, 1.807) is 0 Å². The molecule has 0 aromatic heterocycles. The molecule has 0 radical (unpaired) electrons. The molecule has 1 N–H and O–H groups in total. The maximum Gasteiger partial charge on any atom is 0.410 e. The Hall–Kier alpha value is -0.850. The van der Waals surface area contributed by atoms with Gasteiger partial charge in [-0.2, -0.15) is 0 Å². The molecule has 0 bridgehead atoms. The smallest absolute Gasteiger partial charge is 0.410 e. The third-order valence-corrected chi connectivity index (χ3v) is 4.24. The van der Waals surface area contributed by atoms with Crippen molar-refractivity contribution in [2.45, 2.75) is 58.3 Å². The van der Waals surface area contributed by atoms with Crippen molar-refractivity contribution in [3.63, 3.8) is 0 Å². The maximum absolute atomic E-state index is 12.4. The molecule has 0 saturated carbocycles. The molecule has 0 spiro atoms. The molecule has 1 amide bonds. The summed E-state index contributed by atoms with van der Waals surface area (Å²) in [5.41, 5.74) is -0.449. The first-order valence-electron chi connectivity index (χ1n) is 8.31. The van der Waals surface area contributed by atoms with Crippen molar-refractivity contribution in [2.75, 3.05) is 39.4 Å².